The highest BCUT2D eigenvalue weighted by atomic mass is 16.5. The van der Waals surface area contributed by atoms with Gasteiger partial charge in [0.2, 0.25) is 0 Å². The number of rotatable bonds is 6. The van der Waals surface area contributed by atoms with Crippen LogP contribution in [-0.4, -0.2) is 31.2 Å². The molecule has 2 heterocycles. The van der Waals surface area contributed by atoms with Gasteiger partial charge in [-0.1, -0.05) is 43.7 Å². The number of nitrogens with one attached hydrogen (secondary N) is 2. The minimum Gasteiger partial charge on any atom is -0.497 e. The maximum Gasteiger partial charge on any atom is 0.119 e. The molecule has 1 aliphatic rings. The summed E-state index contributed by atoms with van der Waals surface area (Å²) in [7, 11) is 1.70. The fourth-order valence-corrected chi connectivity index (χ4v) is 3.87. The van der Waals surface area contributed by atoms with Crippen molar-refractivity contribution in [2.24, 2.45) is 0 Å². The van der Waals surface area contributed by atoms with Crippen LogP contribution in [0.15, 0.2) is 60.8 Å². The fraction of sp³-hybridized carbons (Fsp3) is 0.423. The Labute approximate surface area is 181 Å². The van der Waals surface area contributed by atoms with Crippen LogP contribution in [-0.2, 0) is 13.0 Å². The van der Waals surface area contributed by atoms with E-state index < -0.39 is 0 Å². The first kappa shape index (κ1) is 22.3. The quantitative estimate of drug-likeness (QED) is 0.598. The first-order valence-electron chi connectivity index (χ1n) is 11.2. The van der Waals surface area contributed by atoms with Crippen LogP contribution in [0.4, 0.5) is 0 Å². The van der Waals surface area contributed by atoms with Crippen molar-refractivity contribution in [1.29, 1.82) is 0 Å². The van der Waals surface area contributed by atoms with Crippen LogP contribution in [0.25, 0.3) is 10.9 Å². The van der Waals surface area contributed by atoms with Crippen molar-refractivity contribution in [1.82, 2.24) is 15.6 Å². The molecule has 0 spiro atoms. The fourth-order valence-electron chi connectivity index (χ4n) is 3.87. The molecule has 0 radical (unpaired) electrons. The highest BCUT2D eigenvalue weighted by molar-refractivity contribution is 5.83. The molecule has 0 saturated carbocycles. The third kappa shape index (κ3) is 6.82. The average molecular weight is 406 g/mol. The lowest BCUT2D eigenvalue weighted by Crippen LogP contribution is -2.29. The first-order valence-corrected chi connectivity index (χ1v) is 11.2. The molecular formula is C26H35N3O. The lowest BCUT2D eigenvalue weighted by molar-refractivity contribution is 0.415. The SMILES string of the molecule is CCCc1ccccc1.COc1ccc2nccc(CNC3CCCNCC3)c2c1. The van der Waals surface area contributed by atoms with Crippen molar-refractivity contribution in [2.45, 2.75) is 51.6 Å². The second-order valence-corrected chi connectivity index (χ2v) is 7.85. The monoisotopic (exact) mass is 405 g/mol. The van der Waals surface area contributed by atoms with Gasteiger partial charge in [0.25, 0.3) is 0 Å². The molecule has 1 aliphatic heterocycles. The summed E-state index contributed by atoms with van der Waals surface area (Å²) in [6.45, 7) is 5.35. The number of fused-ring (bicyclic) bond motifs is 1. The molecular weight excluding hydrogens is 370 g/mol. The molecule has 1 saturated heterocycles. The second-order valence-electron chi connectivity index (χ2n) is 7.85. The maximum absolute atomic E-state index is 5.33. The van der Waals surface area contributed by atoms with Crippen molar-refractivity contribution < 1.29 is 4.74 Å². The van der Waals surface area contributed by atoms with Crippen molar-refractivity contribution in [2.75, 3.05) is 20.2 Å². The van der Waals surface area contributed by atoms with E-state index in [9.17, 15) is 0 Å². The van der Waals surface area contributed by atoms with Gasteiger partial charge in [-0.3, -0.25) is 4.98 Å². The summed E-state index contributed by atoms with van der Waals surface area (Å²) in [5.41, 5.74) is 3.76. The number of methoxy groups -OCH3 is 1. The Hall–Kier alpha value is -2.43. The van der Waals surface area contributed by atoms with Crippen molar-refractivity contribution in [3.05, 3.63) is 71.9 Å². The van der Waals surface area contributed by atoms with E-state index in [1.54, 1.807) is 7.11 Å². The normalized spacial score (nSPS) is 16.4. The summed E-state index contributed by atoms with van der Waals surface area (Å²) in [4.78, 5) is 4.43. The molecule has 2 N–H and O–H groups in total. The molecule has 160 valence electrons. The van der Waals surface area contributed by atoms with Gasteiger partial charge in [0.15, 0.2) is 0 Å². The topological polar surface area (TPSA) is 46.2 Å². The Morgan fingerprint density at radius 2 is 1.93 bits per heavy atom. The molecule has 4 rings (SSSR count). The molecule has 1 atom stereocenters. The number of ether oxygens (including phenoxy) is 1. The number of nitrogens with zero attached hydrogens (tertiary/aromatic N) is 1. The van der Waals surface area contributed by atoms with E-state index in [1.807, 2.05) is 18.3 Å². The summed E-state index contributed by atoms with van der Waals surface area (Å²) in [6.07, 6.45) is 8.04. The highest BCUT2D eigenvalue weighted by Gasteiger charge is 2.12. The third-order valence-electron chi connectivity index (χ3n) is 5.58. The first-order chi connectivity index (χ1) is 14.8. The lowest BCUT2D eigenvalue weighted by atomic mass is 10.1. The average Bonchev–Trinajstić information content (AvgIpc) is 3.07. The maximum atomic E-state index is 5.33. The zero-order chi connectivity index (χ0) is 21.0. The van der Waals surface area contributed by atoms with E-state index in [4.69, 9.17) is 4.74 Å². The molecule has 0 aliphatic carbocycles. The van der Waals surface area contributed by atoms with Crippen LogP contribution in [0.3, 0.4) is 0 Å². The minimum atomic E-state index is 0.605. The van der Waals surface area contributed by atoms with E-state index in [0.29, 0.717) is 6.04 Å². The zero-order valence-corrected chi connectivity index (χ0v) is 18.4. The van der Waals surface area contributed by atoms with E-state index in [-0.39, 0.29) is 0 Å². The van der Waals surface area contributed by atoms with Crippen LogP contribution in [0.5, 0.6) is 5.75 Å². The summed E-state index contributed by atoms with van der Waals surface area (Å²) in [5, 5.41) is 8.33. The number of aromatic nitrogens is 1. The summed E-state index contributed by atoms with van der Waals surface area (Å²) in [5.74, 6) is 0.885. The zero-order valence-electron chi connectivity index (χ0n) is 18.4. The van der Waals surface area contributed by atoms with Crippen LogP contribution >= 0.6 is 0 Å². The van der Waals surface area contributed by atoms with Gasteiger partial charge in [-0.15, -0.1) is 0 Å². The van der Waals surface area contributed by atoms with Crippen LogP contribution in [0, 0.1) is 0 Å². The lowest BCUT2D eigenvalue weighted by Gasteiger charge is -2.17. The van der Waals surface area contributed by atoms with Gasteiger partial charge >= 0.3 is 0 Å². The molecule has 0 bridgehead atoms. The van der Waals surface area contributed by atoms with E-state index >= 15 is 0 Å². The number of hydrogen-bond donors (Lipinski definition) is 2. The smallest absolute Gasteiger partial charge is 0.119 e. The predicted molar refractivity (Wildman–Crippen MR) is 126 cm³/mol. The largest absolute Gasteiger partial charge is 0.497 e. The molecule has 30 heavy (non-hydrogen) atoms. The summed E-state index contributed by atoms with van der Waals surface area (Å²) in [6, 6.07) is 19.3. The van der Waals surface area contributed by atoms with Crippen molar-refractivity contribution in [3.63, 3.8) is 0 Å². The van der Waals surface area contributed by atoms with Crippen LogP contribution in [0.1, 0.15) is 43.7 Å². The third-order valence-corrected chi connectivity index (χ3v) is 5.58. The Kier molecular flexibility index (Phi) is 9.13. The summed E-state index contributed by atoms with van der Waals surface area (Å²) < 4.78 is 5.33. The van der Waals surface area contributed by atoms with Crippen LogP contribution < -0.4 is 15.4 Å². The molecule has 1 unspecified atom stereocenters. The number of benzene rings is 2. The standard InChI is InChI=1S/C17H23N3O.C9H12/c1-21-15-4-5-17-16(11-15)13(6-10-19-17)12-20-14-3-2-8-18-9-7-14;1-2-6-9-7-4-3-5-8-9/h4-6,10-11,14,18,20H,2-3,7-9,12H2,1H3;3-5,7-8H,2,6H2,1H3. The van der Waals surface area contributed by atoms with Crippen molar-refractivity contribution in [3.8, 4) is 5.75 Å². The van der Waals surface area contributed by atoms with Gasteiger partial charge in [0.05, 0.1) is 12.6 Å². The predicted octanol–water partition coefficient (Wildman–Crippen LogP) is 5.11. The highest BCUT2D eigenvalue weighted by Crippen LogP contribution is 2.22. The Bertz CT molecular complexity index is 874. The Morgan fingerprint density at radius 1 is 1.07 bits per heavy atom. The van der Waals surface area contributed by atoms with Gasteiger partial charge in [0.1, 0.15) is 5.75 Å². The molecule has 0 amide bonds. The molecule has 1 fully saturated rings. The Morgan fingerprint density at radius 3 is 2.73 bits per heavy atom. The molecule has 4 heteroatoms. The van der Waals surface area contributed by atoms with Crippen LogP contribution in [0.2, 0.25) is 0 Å². The number of hydrogen-bond acceptors (Lipinski definition) is 4. The summed E-state index contributed by atoms with van der Waals surface area (Å²) >= 11 is 0. The molecule has 4 nitrogen and oxygen atoms in total. The van der Waals surface area contributed by atoms with Gasteiger partial charge in [0, 0.05) is 24.2 Å². The number of aryl methyl sites for hydroxylation is 1. The van der Waals surface area contributed by atoms with E-state index in [0.717, 1.165) is 30.9 Å². The van der Waals surface area contributed by atoms with Crippen molar-refractivity contribution >= 4 is 10.9 Å². The van der Waals surface area contributed by atoms with Gasteiger partial charge < -0.3 is 15.4 Å². The molecule has 3 aromatic rings. The second kappa shape index (κ2) is 12.3. The molecule has 1 aromatic heterocycles. The van der Waals surface area contributed by atoms with E-state index in [2.05, 4.69) is 65.0 Å². The molecule has 2 aromatic carbocycles. The van der Waals surface area contributed by atoms with E-state index in [1.165, 1.54) is 48.6 Å². The van der Waals surface area contributed by atoms with Gasteiger partial charge in [-0.25, -0.2) is 0 Å². The minimum absolute atomic E-state index is 0.605. The Balaban J connectivity index is 0.000000239. The number of pyridine rings is 1. The van der Waals surface area contributed by atoms with Gasteiger partial charge in [-0.05, 0) is 74.2 Å². The van der Waals surface area contributed by atoms with Gasteiger partial charge in [-0.2, -0.15) is 0 Å².